The first-order chi connectivity index (χ1) is 9.25. The van der Waals surface area contributed by atoms with Crippen LogP contribution in [0, 0.1) is 46.7 Å². The second-order valence-corrected chi connectivity index (χ2v) is 3.54. The molecule has 106 valence electrons. The van der Waals surface area contributed by atoms with Gasteiger partial charge in [0.15, 0.2) is 34.9 Å². The first kappa shape index (κ1) is 14.2. The van der Waals surface area contributed by atoms with Crippen molar-refractivity contribution in [1.29, 1.82) is 0 Å². The molecular formula is C11HF8N. The molecule has 0 N–H and O–H groups in total. The maximum absolute atomic E-state index is 13.4. The average Bonchev–Trinajstić information content (AvgIpc) is 2.40. The fourth-order valence-electron chi connectivity index (χ4n) is 1.43. The number of hydrogen-bond acceptors (Lipinski definition) is 1. The Morgan fingerprint density at radius 1 is 0.600 bits per heavy atom. The number of pyridine rings is 1. The maximum atomic E-state index is 13.4. The summed E-state index contributed by atoms with van der Waals surface area (Å²) in [6.07, 6.45) is 0. The zero-order chi connectivity index (χ0) is 15.2. The lowest BCUT2D eigenvalue weighted by molar-refractivity contribution is 0.380. The molecule has 0 saturated carbocycles. The highest BCUT2D eigenvalue weighted by atomic mass is 19.2. The summed E-state index contributed by atoms with van der Waals surface area (Å²) in [7, 11) is 0. The Morgan fingerprint density at radius 2 is 1.05 bits per heavy atom. The number of halogens is 8. The Balaban J connectivity index is 2.87. The van der Waals surface area contributed by atoms with Crippen molar-refractivity contribution in [2.45, 2.75) is 0 Å². The summed E-state index contributed by atoms with van der Waals surface area (Å²) in [4.78, 5) is 2.52. The van der Waals surface area contributed by atoms with Gasteiger partial charge in [0.05, 0.1) is 5.56 Å². The largest absolute Gasteiger partial charge is 0.249 e. The quantitative estimate of drug-likeness (QED) is 0.337. The summed E-state index contributed by atoms with van der Waals surface area (Å²) in [5, 5.41) is 0. The topological polar surface area (TPSA) is 12.9 Å². The smallest absolute Gasteiger partial charge is 0.214 e. The van der Waals surface area contributed by atoms with Crippen LogP contribution in [0.25, 0.3) is 11.3 Å². The van der Waals surface area contributed by atoms with Gasteiger partial charge in [-0.05, 0) is 0 Å². The van der Waals surface area contributed by atoms with Crippen LogP contribution in [0.15, 0.2) is 6.07 Å². The van der Waals surface area contributed by atoms with Crippen LogP contribution in [-0.2, 0) is 0 Å². The lowest BCUT2D eigenvalue weighted by Gasteiger charge is -2.08. The van der Waals surface area contributed by atoms with Gasteiger partial charge in [-0.25, -0.2) is 35.7 Å². The number of nitrogens with zero attached hydrogens (tertiary/aromatic N) is 1. The molecule has 9 heteroatoms. The van der Waals surface area contributed by atoms with Gasteiger partial charge in [-0.1, -0.05) is 0 Å². The molecule has 0 bridgehead atoms. The summed E-state index contributed by atoms with van der Waals surface area (Å²) in [6, 6.07) is -0.129. The molecule has 0 aliphatic carbocycles. The fraction of sp³-hybridized carbons (Fsp3) is 0. The van der Waals surface area contributed by atoms with E-state index in [9.17, 15) is 35.1 Å². The summed E-state index contributed by atoms with van der Waals surface area (Å²) in [6.45, 7) is 0. The van der Waals surface area contributed by atoms with Crippen LogP contribution in [0.5, 0.6) is 0 Å². The average molecular weight is 299 g/mol. The molecule has 0 spiro atoms. The van der Waals surface area contributed by atoms with Gasteiger partial charge >= 0.3 is 0 Å². The molecule has 0 atom stereocenters. The minimum atomic E-state index is -2.47. The second kappa shape index (κ2) is 4.73. The van der Waals surface area contributed by atoms with Crippen molar-refractivity contribution in [2.24, 2.45) is 0 Å². The third-order valence-corrected chi connectivity index (χ3v) is 2.33. The van der Waals surface area contributed by atoms with Crippen molar-refractivity contribution in [1.82, 2.24) is 4.98 Å². The molecule has 2 rings (SSSR count). The Kier molecular flexibility index (Phi) is 3.36. The molecule has 20 heavy (non-hydrogen) atoms. The van der Waals surface area contributed by atoms with Gasteiger partial charge in [-0.2, -0.15) is 4.39 Å². The van der Waals surface area contributed by atoms with E-state index in [1.54, 1.807) is 0 Å². The van der Waals surface area contributed by atoms with Crippen molar-refractivity contribution in [3.63, 3.8) is 0 Å². The molecule has 1 aromatic heterocycles. The molecule has 1 heterocycles. The van der Waals surface area contributed by atoms with E-state index in [-0.39, 0.29) is 6.07 Å². The Labute approximate surface area is 105 Å². The highest BCUT2D eigenvalue weighted by molar-refractivity contribution is 5.62. The van der Waals surface area contributed by atoms with E-state index in [1.807, 2.05) is 0 Å². The zero-order valence-electron chi connectivity index (χ0n) is 9.05. The van der Waals surface area contributed by atoms with E-state index in [2.05, 4.69) is 4.98 Å². The second-order valence-electron chi connectivity index (χ2n) is 3.54. The van der Waals surface area contributed by atoms with E-state index < -0.39 is 57.9 Å². The van der Waals surface area contributed by atoms with Crippen LogP contribution in [0.2, 0.25) is 0 Å². The number of benzene rings is 1. The Hall–Kier alpha value is -2.19. The van der Waals surface area contributed by atoms with Gasteiger partial charge < -0.3 is 0 Å². The minimum absolute atomic E-state index is 0.129. The molecule has 1 nitrogen and oxygen atoms in total. The third kappa shape index (κ3) is 1.98. The zero-order valence-corrected chi connectivity index (χ0v) is 9.05. The Bertz CT molecular complexity index is 683. The Morgan fingerprint density at radius 3 is 1.55 bits per heavy atom. The van der Waals surface area contributed by atoms with Crippen LogP contribution in [0.4, 0.5) is 35.1 Å². The van der Waals surface area contributed by atoms with Gasteiger partial charge in [0.25, 0.3) is 0 Å². The number of aromatic nitrogens is 1. The SMILES string of the molecule is Fc1cc(F)c(-c2c(F)c(F)c(F)c(F)c2F)nc1F. The van der Waals surface area contributed by atoms with Crippen LogP contribution in [0.3, 0.4) is 0 Å². The molecule has 0 aliphatic heterocycles. The van der Waals surface area contributed by atoms with Crippen LogP contribution >= 0.6 is 0 Å². The predicted molar refractivity (Wildman–Crippen MR) is 49.3 cm³/mol. The normalized spacial score (nSPS) is 11.0. The van der Waals surface area contributed by atoms with E-state index in [0.29, 0.717) is 0 Å². The molecule has 0 unspecified atom stereocenters. The lowest BCUT2D eigenvalue weighted by atomic mass is 10.1. The van der Waals surface area contributed by atoms with E-state index >= 15 is 0 Å². The van der Waals surface area contributed by atoms with Gasteiger partial charge in [0.2, 0.25) is 11.8 Å². The van der Waals surface area contributed by atoms with E-state index in [0.717, 1.165) is 0 Å². The molecular weight excluding hydrogens is 298 g/mol. The van der Waals surface area contributed by atoms with Gasteiger partial charge in [0.1, 0.15) is 5.69 Å². The molecule has 0 fully saturated rings. The molecule has 0 aliphatic rings. The highest BCUT2D eigenvalue weighted by Gasteiger charge is 2.29. The fourth-order valence-corrected chi connectivity index (χ4v) is 1.43. The van der Waals surface area contributed by atoms with Crippen LogP contribution < -0.4 is 0 Å². The van der Waals surface area contributed by atoms with Gasteiger partial charge in [-0.15, -0.1) is 0 Å². The van der Waals surface area contributed by atoms with Gasteiger partial charge in [0, 0.05) is 6.07 Å². The third-order valence-electron chi connectivity index (χ3n) is 2.33. The van der Waals surface area contributed by atoms with E-state index in [1.165, 1.54) is 0 Å². The van der Waals surface area contributed by atoms with Crippen molar-refractivity contribution < 1.29 is 35.1 Å². The van der Waals surface area contributed by atoms with Gasteiger partial charge in [-0.3, -0.25) is 0 Å². The highest BCUT2D eigenvalue weighted by Crippen LogP contribution is 2.32. The molecule has 0 amide bonds. The van der Waals surface area contributed by atoms with Crippen molar-refractivity contribution >= 4 is 0 Å². The number of rotatable bonds is 1. The molecule has 0 saturated heterocycles. The summed E-state index contributed by atoms with van der Waals surface area (Å²) >= 11 is 0. The molecule has 1 aromatic carbocycles. The summed E-state index contributed by atoms with van der Waals surface area (Å²) < 4.78 is 104. The number of hydrogen-bond donors (Lipinski definition) is 0. The lowest BCUT2D eigenvalue weighted by Crippen LogP contribution is -2.07. The first-order valence-corrected chi connectivity index (χ1v) is 4.79. The van der Waals surface area contributed by atoms with Crippen LogP contribution in [-0.4, -0.2) is 4.98 Å². The summed E-state index contributed by atoms with van der Waals surface area (Å²) in [5.74, 6) is -17.5. The van der Waals surface area contributed by atoms with E-state index in [4.69, 9.17) is 0 Å². The monoisotopic (exact) mass is 299 g/mol. The minimum Gasteiger partial charge on any atom is -0.214 e. The van der Waals surface area contributed by atoms with Crippen molar-refractivity contribution in [3.8, 4) is 11.3 Å². The standard InChI is InChI=1S/C11HF8N/c12-2-1-3(13)11(19)20-10(2)4-5(14)7(16)9(18)8(17)6(4)15/h1H. The van der Waals surface area contributed by atoms with Crippen LogP contribution in [0.1, 0.15) is 0 Å². The predicted octanol–water partition coefficient (Wildman–Crippen LogP) is 3.86. The van der Waals surface area contributed by atoms with Crippen molar-refractivity contribution in [2.75, 3.05) is 0 Å². The first-order valence-electron chi connectivity index (χ1n) is 4.79. The van der Waals surface area contributed by atoms with Crippen molar-refractivity contribution in [3.05, 3.63) is 52.7 Å². The maximum Gasteiger partial charge on any atom is 0.249 e. The molecule has 0 radical (unpaired) electrons. The molecule has 2 aromatic rings. The summed E-state index contributed by atoms with van der Waals surface area (Å²) in [5.41, 5.74) is -3.31.